The van der Waals surface area contributed by atoms with E-state index >= 15 is 0 Å². The molecule has 5 nitrogen and oxygen atoms in total. The number of nitrogens with one attached hydrogen (secondary N) is 1. The Morgan fingerprint density at radius 1 is 0.962 bits per heavy atom. The van der Waals surface area contributed by atoms with E-state index in [1.54, 1.807) is 12.1 Å². The van der Waals surface area contributed by atoms with Crippen molar-refractivity contribution in [3.8, 4) is 11.1 Å². The first-order valence-electron chi connectivity index (χ1n) is 8.51. The number of carbonyl (C=O) groups excluding carboxylic acids is 3. The summed E-state index contributed by atoms with van der Waals surface area (Å²) in [5.74, 6) is -0.0999. The molecule has 0 spiro atoms. The molecule has 0 aliphatic rings. The maximum Gasteiger partial charge on any atom is 0.224 e. The van der Waals surface area contributed by atoms with Gasteiger partial charge in [0.15, 0.2) is 11.6 Å². The number of ketones is 2. The highest BCUT2D eigenvalue weighted by atomic mass is 16.5. The Balaban J connectivity index is 1.95. The van der Waals surface area contributed by atoms with Crippen molar-refractivity contribution in [1.82, 2.24) is 0 Å². The molecule has 0 heterocycles. The predicted octanol–water partition coefficient (Wildman–Crippen LogP) is 3.88. The third-order valence-corrected chi connectivity index (χ3v) is 3.94. The maximum absolute atomic E-state index is 12.0. The Kier molecular flexibility index (Phi) is 7.24. The minimum absolute atomic E-state index is 0.00342. The van der Waals surface area contributed by atoms with Crippen molar-refractivity contribution >= 4 is 23.2 Å². The van der Waals surface area contributed by atoms with Crippen LogP contribution < -0.4 is 5.32 Å². The third kappa shape index (κ3) is 5.93. The average Bonchev–Trinajstić information content (AvgIpc) is 2.62. The van der Waals surface area contributed by atoms with Crippen LogP contribution >= 0.6 is 0 Å². The molecule has 0 saturated carbocycles. The molecule has 0 aliphatic carbocycles. The molecule has 5 heteroatoms. The zero-order valence-electron chi connectivity index (χ0n) is 15.1. The van der Waals surface area contributed by atoms with Gasteiger partial charge in [-0.25, -0.2) is 0 Å². The number of hydrogen-bond acceptors (Lipinski definition) is 4. The van der Waals surface area contributed by atoms with Crippen molar-refractivity contribution in [2.75, 3.05) is 19.0 Å². The molecule has 0 atom stereocenters. The lowest BCUT2D eigenvalue weighted by Gasteiger charge is -2.08. The van der Waals surface area contributed by atoms with Gasteiger partial charge in [-0.05, 0) is 36.6 Å². The fourth-order valence-electron chi connectivity index (χ4n) is 2.58. The first-order chi connectivity index (χ1) is 12.5. The smallest absolute Gasteiger partial charge is 0.224 e. The monoisotopic (exact) mass is 353 g/mol. The lowest BCUT2D eigenvalue weighted by atomic mass is 10.0. The van der Waals surface area contributed by atoms with Crippen LogP contribution in [0.2, 0.25) is 0 Å². The molecule has 136 valence electrons. The van der Waals surface area contributed by atoms with E-state index in [-0.39, 0.29) is 30.5 Å². The number of methoxy groups -OCH3 is 1. The quantitative estimate of drug-likeness (QED) is 0.694. The second-order valence-corrected chi connectivity index (χ2v) is 6.09. The van der Waals surface area contributed by atoms with E-state index < -0.39 is 0 Å². The fourth-order valence-corrected chi connectivity index (χ4v) is 2.58. The van der Waals surface area contributed by atoms with Crippen molar-refractivity contribution in [1.29, 1.82) is 0 Å². The number of carbonyl (C=O) groups is 3. The van der Waals surface area contributed by atoms with Gasteiger partial charge in [0.2, 0.25) is 5.91 Å². The SMILES string of the molecule is COCC(=O)CCCC(=O)Nc1cccc(-c2ccc(C(C)=O)cc2)c1. The molecule has 2 aromatic rings. The van der Waals surface area contributed by atoms with Crippen molar-refractivity contribution in [2.24, 2.45) is 0 Å². The molecule has 2 rings (SSSR count). The van der Waals surface area contributed by atoms with E-state index in [0.717, 1.165) is 11.1 Å². The van der Waals surface area contributed by atoms with Crippen molar-refractivity contribution < 1.29 is 19.1 Å². The third-order valence-electron chi connectivity index (χ3n) is 3.94. The summed E-state index contributed by atoms with van der Waals surface area (Å²) in [4.78, 5) is 34.8. The molecule has 26 heavy (non-hydrogen) atoms. The van der Waals surface area contributed by atoms with Crippen LogP contribution in [0.4, 0.5) is 5.69 Å². The number of benzene rings is 2. The second kappa shape index (κ2) is 9.63. The molecule has 0 fully saturated rings. The van der Waals surface area contributed by atoms with E-state index in [0.29, 0.717) is 24.1 Å². The predicted molar refractivity (Wildman–Crippen MR) is 101 cm³/mol. The minimum Gasteiger partial charge on any atom is -0.377 e. The second-order valence-electron chi connectivity index (χ2n) is 6.09. The zero-order chi connectivity index (χ0) is 18.9. The molecule has 1 N–H and O–H groups in total. The van der Waals surface area contributed by atoms with E-state index in [9.17, 15) is 14.4 Å². The molecule has 0 radical (unpaired) electrons. The Bertz CT molecular complexity index is 781. The van der Waals surface area contributed by atoms with Crippen molar-refractivity contribution in [3.05, 3.63) is 54.1 Å². The van der Waals surface area contributed by atoms with E-state index in [4.69, 9.17) is 4.74 Å². The van der Waals surface area contributed by atoms with Gasteiger partial charge in [0.25, 0.3) is 0 Å². The summed E-state index contributed by atoms with van der Waals surface area (Å²) in [5.41, 5.74) is 3.29. The van der Waals surface area contributed by atoms with Gasteiger partial charge in [-0.1, -0.05) is 36.4 Å². The maximum atomic E-state index is 12.0. The Hall–Kier alpha value is -2.79. The van der Waals surface area contributed by atoms with E-state index in [2.05, 4.69) is 5.32 Å². The first kappa shape index (κ1) is 19.5. The van der Waals surface area contributed by atoms with Crippen LogP contribution in [0.15, 0.2) is 48.5 Å². The molecule has 0 aliphatic heterocycles. The van der Waals surface area contributed by atoms with Crippen molar-refractivity contribution in [3.63, 3.8) is 0 Å². The lowest BCUT2D eigenvalue weighted by Crippen LogP contribution is -2.13. The molecule has 0 saturated heterocycles. The number of rotatable bonds is 9. The van der Waals surface area contributed by atoms with Gasteiger partial charge >= 0.3 is 0 Å². The summed E-state index contributed by atoms with van der Waals surface area (Å²) in [6.45, 7) is 1.63. The normalized spacial score (nSPS) is 10.4. The van der Waals surface area contributed by atoms with Gasteiger partial charge in [-0.3, -0.25) is 14.4 Å². The van der Waals surface area contributed by atoms with Crippen LogP contribution in [-0.4, -0.2) is 31.2 Å². The Labute approximate surface area is 153 Å². The van der Waals surface area contributed by atoms with Crippen molar-refractivity contribution in [2.45, 2.75) is 26.2 Å². The van der Waals surface area contributed by atoms with Gasteiger partial charge < -0.3 is 10.1 Å². The summed E-state index contributed by atoms with van der Waals surface area (Å²) in [5, 5.41) is 2.85. The summed E-state index contributed by atoms with van der Waals surface area (Å²) < 4.78 is 4.76. The minimum atomic E-state index is -0.126. The fraction of sp³-hybridized carbons (Fsp3) is 0.286. The number of ether oxygens (including phenoxy) is 1. The van der Waals surface area contributed by atoms with E-state index in [1.807, 2.05) is 36.4 Å². The summed E-state index contributed by atoms with van der Waals surface area (Å²) in [6.07, 6.45) is 1.12. The van der Waals surface area contributed by atoms with Gasteiger partial charge in [-0.2, -0.15) is 0 Å². The summed E-state index contributed by atoms with van der Waals surface area (Å²) in [6, 6.07) is 14.9. The topological polar surface area (TPSA) is 72.5 Å². The molecular formula is C21H23NO4. The largest absolute Gasteiger partial charge is 0.377 e. The summed E-state index contributed by atoms with van der Waals surface area (Å²) in [7, 11) is 1.48. The highest BCUT2D eigenvalue weighted by Gasteiger charge is 2.07. The number of hydrogen-bond donors (Lipinski definition) is 1. The first-order valence-corrected chi connectivity index (χ1v) is 8.51. The van der Waals surface area contributed by atoms with Gasteiger partial charge in [0, 0.05) is 31.2 Å². The number of amides is 1. The Morgan fingerprint density at radius 2 is 1.69 bits per heavy atom. The van der Waals surface area contributed by atoms with Gasteiger partial charge in [0.1, 0.15) is 6.61 Å². The molecule has 1 amide bonds. The highest BCUT2D eigenvalue weighted by molar-refractivity contribution is 5.95. The lowest BCUT2D eigenvalue weighted by molar-refractivity contribution is -0.122. The van der Waals surface area contributed by atoms with Crippen LogP contribution in [0.25, 0.3) is 11.1 Å². The van der Waals surface area contributed by atoms with Gasteiger partial charge in [0.05, 0.1) is 0 Å². The average molecular weight is 353 g/mol. The van der Waals surface area contributed by atoms with Crippen LogP contribution in [0.3, 0.4) is 0 Å². The molecule has 0 bridgehead atoms. The molecule has 0 aromatic heterocycles. The van der Waals surface area contributed by atoms with Crippen LogP contribution in [0.5, 0.6) is 0 Å². The molecule has 0 unspecified atom stereocenters. The Morgan fingerprint density at radius 3 is 2.35 bits per heavy atom. The van der Waals surface area contributed by atoms with Crippen LogP contribution in [-0.2, 0) is 14.3 Å². The van der Waals surface area contributed by atoms with Crippen LogP contribution in [0, 0.1) is 0 Å². The summed E-state index contributed by atoms with van der Waals surface area (Å²) >= 11 is 0. The molecule has 2 aromatic carbocycles. The number of Topliss-reactive ketones (excluding diaryl/α,β-unsaturated/α-hetero) is 2. The molecular weight excluding hydrogens is 330 g/mol. The van der Waals surface area contributed by atoms with Gasteiger partial charge in [-0.15, -0.1) is 0 Å². The highest BCUT2D eigenvalue weighted by Crippen LogP contribution is 2.23. The number of anilines is 1. The standard InChI is InChI=1S/C21H23NO4/c1-15(23)16-9-11-17(12-10-16)18-5-3-6-19(13-18)22-21(25)8-4-7-20(24)14-26-2/h3,5-6,9-13H,4,7-8,14H2,1-2H3,(H,22,25). The zero-order valence-corrected chi connectivity index (χ0v) is 15.1. The van der Waals surface area contributed by atoms with Crippen LogP contribution in [0.1, 0.15) is 36.5 Å². The van der Waals surface area contributed by atoms with E-state index in [1.165, 1.54) is 14.0 Å².